The van der Waals surface area contributed by atoms with Crippen molar-refractivity contribution in [1.29, 1.82) is 0 Å². The Morgan fingerprint density at radius 3 is 3.16 bits per heavy atom. The quantitative estimate of drug-likeness (QED) is 0.728. The zero-order chi connectivity index (χ0) is 12.8. The third-order valence-corrected chi connectivity index (χ3v) is 3.31. The van der Waals surface area contributed by atoms with Crippen LogP contribution in [0.4, 0.5) is 5.69 Å². The lowest BCUT2D eigenvalue weighted by atomic mass is 10.2. The smallest absolute Gasteiger partial charge is 0.270 e. The largest absolute Gasteiger partial charge is 0.379 e. The van der Waals surface area contributed by atoms with Gasteiger partial charge < -0.3 is 9.74 Å². The van der Waals surface area contributed by atoms with E-state index in [-0.39, 0.29) is 5.56 Å². The Labute approximate surface area is 108 Å². The highest BCUT2D eigenvalue weighted by molar-refractivity contribution is 5.93. The van der Waals surface area contributed by atoms with Gasteiger partial charge in [0.15, 0.2) is 11.6 Å². The van der Waals surface area contributed by atoms with Crippen LogP contribution in [0.2, 0.25) is 0 Å². The van der Waals surface area contributed by atoms with Crippen LogP contribution in [-0.2, 0) is 11.3 Å². The van der Waals surface area contributed by atoms with Crippen LogP contribution in [0.5, 0.6) is 0 Å². The van der Waals surface area contributed by atoms with Gasteiger partial charge in [0, 0.05) is 43.1 Å². The predicted octanol–water partition coefficient (Wildman–Crippen LogP) is 0.454. The molecule has 3 aliphatic rings. The van der Waals surface area contributed by atoms with E-state index in [9.17, 15) is 4.79 Å². The lowest BCUT2D eigenvalue weighted by molar-refractivity contribution is 0.167. The predicted molar refractivity (Wildman–Crippen MR) is 69.5 cm³/mol. The summed E-state index contributed by atoms with van der Waals surface area (Å²) in [6.45, 7) is 0.756. The lowest BCUT2D eigenvalue weighted by Gasteiger charge is -2.24. The van der Waals surface area contributed by atoms with Crippen molar-refractivity contribution in [1.82, 2.24) is 10.5 Å². The molecule has 4 heterocycles. The van der Waals surface area contributed by atoms with Gasteiger partial charge in [-0.1, -0.05) is 0 Å². The summed E-state index contributed by atoms with van der Waals surface area (Å²) < 4.78 is 0. The van der Waals surface area contributed by atoms with E-state index in [2.05, 4.69) is 15.5 Å². The highest BCUT2D eigenvalue weighted by atomic mass is 16.7. The van der Waals surface area contributed by atoms with E-state index in [1.807, 2.05) is 11.0 Å². The molecule has 19 heavy (non-hydrogen) atoms. The first-order valence-corrected chi connectivity index (χ1v) is 6.02. The van der Waals surface area contributed by atoms with Crippen LogP contribution < -0.4 is 15.9 Å². The van der Waals surface area contributed by atoms with Gasteiger partial charge in [-0.25, -0.2) is 15.5 Å². The first-order chi connectivity index (χ1) is 9.33. The molecule has 1 N–H and O–H groups in total. The monoisotopic (exact) mass is 254 g/mol. The van der Waals surface area contributed by atoms with E-state index < -0.39 is 0 Å². The number of anilines is 1. The van der Waals surface area contributed by atoms with Crippen molar-refractivity contribution in [3.63, 3.8) is 0 Å². The normalized spacial score (nSPS) is 22.2. The molecular weight excluding hydrogens is 244 g/mol. The minimum atomic E-state index is -0.215. The van der Waals surface area contributed by atoms with Crippen molar-refractivity contribution in [3.8, 4) is 0 Å². The lowest BCUT2D eigenvalue weighted by Crippen LogP contribution is -2.24. The maximum Gasteiger partial charge on any atom is 0.270 e. The molecular formula is C13H10N4O2. The summed E-state index contributed by atoms with van der Waals surface area (Å²) in [4.78, 5) is 27.4. The Kier molecular flexibility index (Phi) is 2.00. The molecule has 0 saturated heterocycles. The molecule has 0 spiro atoms. The molecule has 3 aliphatic heterocycles. The van der Waals surface area contributed by atoms with Crippen LogP contribution in [0.1, 0.15) is 11.3 Å². The maximum absolute atomic E-state index is 11.5. The minimum absolute atomic E-state index is 0.215. The molecule has 0 aliphatic carbocycles. The second-order valence-electron chi connectivity index (χ2n) is 4.43. The fourth-order valence-electron chi connectivity index (χ4n) is 2.52. The molecule has 0 atom stereocenters. The molecule has 1 aromatic rings. The van der Waals surface area contributed by atoms with Crippen LogP contribution in [0.15, 0.2) is 45.8 Å². The highest BCUT2D eigenvalue weighted by Crippen LogP contribution is 2.36. The second kappa shape index (κ2) is 3.68. The first-order valence-electron chi connectivity index (χ1n) is 6.02. The minimum Gasteiger partial charge on any atom is -0.379 e. The van der Waals surface area contributed by atoms with Gasteiger partial charge in [-0.05, 0) is 6.07 Å². The molecule has 0 bridgehead atoms. The number of allylic oxidation sites excluding steroid dienone is 1. The standard InChI is InChI=1S/C13H10N4O2/c18-11-2-1-8-7-14-13(10-3-5-15-19-10)17-6-4-9(16-11)12(8)17/h1-3,5,7,15H,4,6H2/b13-10-. The Balaban J connectivity index is 1.97. The van der Waals surface area contributed by atoms with Gasteiger partial charge in [0.25, 0.3) is 5.56 Å². The van der Waals surface area contributed by atoms with Crippen LogP contribution >= 0.6 is 0 Å². The van der Waals surface area contributed by atoms with E-state index in [1.54, 1.807) is 18.5 Å². The number of nitrogens with one attached hydrogen (secondary N) is 1. The van der Waals surface area contributed by atoms with E-state index in [4.69, 9.17) is 4.84 Å². The van der Waals surface area contributed by atoms with Crippen molar-refractivity contribution in [2.45, 2.75) is 6.42 Å². The number of nitrogens with zero attached hydrogens (tertiary/aromatic N) is 3. The average molecular weight is 254 g/mol. The second-order valence-corrected chi connectivity index (χ2v) is 4.43. The van der Waals surface area contributed by atoms with E-state index in [0.717, 1.165) is 35.7 Å². The average Bonchev–Trinajstić information content (AvgIpc) is 3.03. The number of hydroxylamine groups is 1. The summed E-state index contributed by atoms with van der Waals surface area (Å²) >= 11 is 0. The van der Waals surface area contributed by atoms with Gasteiger partial charge in [0.05, 0.1) is 11.4 Å². The molecule has 0 aromatic carbocycles. The third-order valence-electron chi connectivity index (χ3n) is 3.31. The molecule has 0 saturated carbocycles. The summed E-state index contributed by atoms with van der Waals surface area (Å²) in [6, 6.07) is 3.24. The topological polar surface area (TPSA) is 66.8 Å². The molecule has 0 fully saturated rings. The fraction of sp³-hybridized carbons (Fsp3) is 0.154. The third kappa shape index (κ3) is 1.46. The summed E-state index contributed by atoms with van der Waals surface area (Å²) in [5.41, 5.74) is 5.15. The molecule has 0 amide bonds. The summed E-state index contributed by atoms with van der Waals surface area (Å²) in [5.74, 6) is 1.41. The van der Waals surface area contributed by atoms with Gasteiger partial charge in [0.2, 0.25) is 0 Å². The summed E-state index contributed by atoms with van der Waals surface area (Å²) in [7, 11) is 0. The van der Waals surface area contributed by atoms with Crippen LogP contribution in [0, 0.1) is 0 Å². The Bertz CT molecular complexity index is 721. The number of rotatable bonds is 0. The summed E-state index contributed by atoms with van der Waals surface area (Å²) in [6.07, 6.45) is 6.03. The van der Waals surface area contributed by atoms with Gasteiger partial charge in [-0.3, -0.25) is 4.79 Å². The SMILES string of the molecule is O=c1ccc2c3c(n1)CCN3/C(=C1/C=CNO1)N=C2. The Morgan fingerprint density at radius 2 is 2.32 bits per heavy atom. The molecule has 0 radical (unpaired) electrons. The zero-order valence-electron chi connectivity index (χ0n) is 9.96. The fourth-order valence-corrected chi connectivity index (χ4v) is 2.52. The van der Waals surface area contributed by atoms with Crippen LogP contribution in [-0.4, -0.2) is 17.7 Å². The van der Waals surface area contributed by atoms with Gasteiger partial charge in [-0.2, -0.15) is 0 Å². The first kappa shape index (κ1) is 10.3. The molecule has 1 aromatic heterocycles. The van der Waals surface area contributed by atoms with Gasteiger partial charge in [0.1, 0.15) is 0 Å². The van der Waals surface area contributed by atoms with Gasteiger partial charge in [-0.15, -0.1) is 0 Å². The van der Waals surface area contributed by atoms with Crippen molar-refractivity contribution in [2.75, 3.05) is 11.4 Å². The van der Waals surface area contributed by atoms with E-state index >= 15 is 0 Å². The molecule has 6 nitrogen and oxygen atoms in total. The molecule has 94 valence electrons. The van der Waals surface area contributed by atoms with Crippen molar-refractivity contribution in [2.24, 2.45) is 4.99 Å². The van der Waals surface area contributed by atoms with E-state index in [1.165, 1.54) is 6.07 Å². The number of hydrogen-bond acceptors (Lipinski definition) is 6. The molecule has 4 rings (SSSR count). The maximum atomic E-state index is 11.5. The van der Waals surface area contributed by atoms with Crippen LogP contribution in [0.25, 0.3) is 0 Å². The summed E-state index contributed by atoms with van der Waals surface area (Å²) in [5, 5.41) is 0. The van der Waals surface area contributed by atoms with Crippen molar-refractivity contribution < 1.29 is 4.84 Å². The van der Waals surface area contributed by atoms with Crippen molar-refractivity contribution in [3.05, 3.63) is 57.6 Å². The Morgan fingerprint density at radius 1 is 1.37 bits per heavy atom. The zero-order valence-corrected chi connectivity index (χ0v) is 9.96. The number of aromatic nitrogens is 1. The number of hydrogen-bond donors (Lipinski definition) is 1. The Hall–Kier alpha value is -2.63. The van der Waals surface area contributed by atoms with E-state index in [0.29, 0.717) is 5.76 Å². The van der Waals surface area contributed by atoms with Crippen LogP contribution in [0.3, 0.4) is 0 Å². The molecule has 6 heteroatoms. The number of aliphatic imine (C=N–C) groups is 1. The van der Waals surface area contributed by atoms with Crippen molar-refractivity contribution >= 4 is 11.9 Å². The highest BCUT2D eigenvalue weighted by Gasteiger charge is 2.30. The molecule has 0 unspecified atom stereocenters. The van der Waals surface area contributed by atoms with Gasteiger partial charge >= 0.3 is 0 Å².